The summed E-state index contributed by atoms with van der Waals surface area (Å²) in [5.41, 5.74) is 1.92. The molecule has 1 fully saturated rings. The molecule has 0 spiro atoms. The second kappa shape index (κ2) is 9.02. The van der Waals surface area contributed by atoms with Crippen molar-refractivity contribution in [2.24, 2.45) is 0 Å². The summed E-state index contributed by atoms with van der Waals surface area (Å²) in [6.45, 7) is -0.794. The van der Waals surface area contributed by atoms with E-state index in [2.05, 4.69) is 5.92 Å². The van der Waals surface area contributed by atoms with Crippen molar-refractivity contribution in [2.45, 2.75) is 42.7 Å². The van der Waals surface area contributed by atoms with Crippen molar-refractivity contribution in [2.75, 3.05) is 6.61 Å². The van der Waals surface area contributed by atoms with E-state index in [0.717, 1.165) is 5.56 Å². The van der Waals surface area contributed by atoms with Gasteiger partial charge in [0, 0.05) is 10.6 Å². The van der Waals surface area contributed by atoms with Gasteiger partial charge in [-0.2, -0.15) is 0 Å². The first-order valence-corrected chi connectivity index (χ1v) is 9.65. The number of rotatable bonds is 5. The Morgan fingerprint density at radius 2 is 1.73 bits per heavy atom. The average Bonchev–Trinajstić information content (AvgIpc) is 2.77. The number of hydrogen-bond acceptors (Lipinski definition) is 7. The second-order valence-electron chi connectivity index (χ2n) is 7.20. The van der Waals surface area contributed by atoms with Crippen LogP contribution >= 0.6 is 11.6 Å². The molecule has 1 unspecified atom stereocenters. The molecule has 8 heteroatoms. The van der Waals surface area contributed by atoms with Gasteiger partial charge in [-0.15, -0.1) is 6.42 Å². The number of hydrogen-bond donors (Lipinski definition) is 6. The molecule has 1 aliphatic heterocycles. The summed E-state index contributed by atoms with van der Waals surface area (Å²) >= 11 is 6.36. The van der Waals surface area contributed by atoms with Crippen LogP contribution in [0.3, 0.4) is 0 Å². The van der Waals surface area contributed by atoms with Crippen molar-refractivity contribution in [1.29, 1.82) is 0 Å². The Balaban J connectivity index is 2.04. The summed E-state index contributed by atoms with van der Waals surface area (Å²) in [6.07, 6.45) is -0.805. The van der Waals surface area contributed by atoms with Gasteiger partial charge in [0.05, 0.1) is 19.1 Å². The highest BCUT2D eigenvalue weighted by molar-refractivity contribution is 6.31. The van der Waals surface area contributed by atoms with Gasteiger partial charge < -0.3 is 35.4 Å². The number of aliphatic hydroxyl groups excluding tert-OH is 5. The van der Waals surface area contributed by atoms with Crippen molar-refractivity contribution in [3.63, 3.8) is 0 Å². The second-order valence-corrected chi connectivity index (χ2v) is 7.60. The number of halogens is 1. The fourth-order valence-electron chi connectivity index (χ4n) is 3.56. The summed E-state index contributed by atoms with van der Waals surface area (Å²) in [7, 11) is 0. The molecule has 1 heterocycles. The molecular weight excluding hydrogens is 412 g/mol. The lowest BCUT2D eigenvalue weighted by molar-refractivity contribution is -0.357. The van der Waals surface area contributed by atoms with Crippen LogP contribution in [0.4, 0.5) is 0 Å². The van der Waals surface area contributed by atoms with Crippen molar-refractivity contribution in [1.82, 2.24) is 0 Å². The van der Waals surface area contributed by atoms with Gasteiger partial charge in [0.1, 0.15) is 24.4 Å². The fourth-order valence-corrected chi connectivity index (χ4v) is 3.79. The zero-order valence-corrected chi connectivity index (χ0v) is 16.6. The summed E-state index contributed by atoms with van der Waals surface area (Å²) in [5, 5.41) is 60.4. The summed E-state index contributed by atoms with van der Waals surface area (Å²) in [6, 6.07) is 11.3. The monoisotopic (exact) mass is 434 g/mol. The van der Waals surface area contributed by atoms with Crippen LogP contribution in [-0.2, 0) is 17.1 Å². The Bertz CT molecular complexity index is 924. The molecule has 0 aromatic heterocycles. The molecule has 6 N–H and O–H groups in total. The lowest BCUT2D eigenvalue weighted by atomic mass is 9.85. The predicted octanol–water partition coefficient (Wildman–Crippen LogP) is 0.216. The largest absolute Gasteiger partial charge is 0.394 e. The first kappa shape index (κ1) is 22.7. The maximum absolute atomic E-state index is 11.0. The van der Waals surface area contributed by atoms with Crippen LogP contribution in [0.5, 0.6) is 0 Å². The van der Waals surface area contributed by atoms with Crippen molar-refractivity contribution < 1.29 is 35.4 Å². The zero-order valence-electron chi connectivity index (χ0n) is 15.9. The average molecular weight is 435 g/mol. The molecule has 30 heavy (non-hydrogen) atoms. The molecule has 0 bridgehead atoms. The lowest BCUT2D eigenvalue weighted by Gasteiger charge is -2.45. The molecule has 1 saturated heterocycles. The predicted molar refractivity (Wildman–Crippen MR) is 108 cm³/mol. The van der Waals surface area contributed by atoms with E-state index in [4.69, 9.17) is 22.8 Å². The van der Waals surface area contributed by atoms with Gasteiger partial charge in [-0.3, -0.25) is 0 Å². The smallest absolute Gasteiger partial charge is 0.222 e. The minimum absolute atomic E-state index is 0.0472. The third-order valence-corrected chi connectivity index (χ3v) is 5.69. The number of benzene rings is 2. The summed E-state index contributed by atoms with van der Waals surface area (Å²) < 4.78 is 5.37. The van der Waals surface area contributed by atoms with Crippen LogP contribution in [0.15, 0.2) is 42.5 Å². The van der Waals surface area contributed by atoms with E-state index in [9.17, 15) is 30.6 Å². The zero-order chi connectivity index (χ0) is 22.1. The van der Waals surface area contributed by atoms with Gasteiger partial charge in [0.15, 0.2) is 0 Å². The molecule has 3 rings (SSSR count). The molecule has 2 aromatic carbocycles. The first-order chi connectivity index (χ1) is 14.3. The molecule has 6 atom stereocenters. The summed E-state index contributed by atoms with van der Waals surface area (Å²) in [5.74, 6) is -0.382. The van der Waals surface area contributed by atoms with Crippen LogP contribution in [0.25, 0.3) is 0 Å². The van der Waals surface area contributed by atoms with E-state index >= 15 is 0 Å². The minimum atomic E-state index is -2.41. The quantitative estimate of drug-likeness (QED) is 0.371. The first-order valence-electron chi connectivity index (χ1n) is 9.27. The molecule has 1 aliphatic rings. The Morgan fingerprint density at radius 3 is 2.30 bits per heavy atom. The maximum atomic E-state index is 11.0. The molecule has 0 amide bonds. The lowest BCUT2D eigenvalue weighted by Crippen LogP contribution is -2.63. The van der Waals surface area contributed by atoms with Crippen molar-refractivity contribution in [3.8, 4) is 12.3 Å². The number of aliphatic hydroxyl groups is 6. The van der Waals surface area contributed by atoms with Crippen molar-refractivity contribution in [3.05, 3.63) is 69.7 Å². The normalized spacial score (nSPS) is 29.9. The number of ether oxygens (including phenoxy) is 1. The van der Waals surface area contributed by atoms with Crippen LogP contribution in [-0.4, -0.2) is 61.7 Å². The van der Waals surface area contributed by atoms with Crippen LogP contribution in [0, 0.1) is 12.3 Å². The number of terminal acetylenes is 1. The van der Waals surface area contributed by atoms with Crippen LogP contribution < -0.4 is 0 Å². The topological polar surface area (TPSA) is 131 Å². The fraction of sp³-hybridized carbons (Fsp3) is 0.364. The molecule has 0 radical (unpaired) electrons. The van der Waals surface area contributed by atoms with E-state index in [0.29, 0.717) is 16.1 Å². The van der Waals surface area contributed by atoms with Gasteiger partial charge in [-0.25, -0.2) is 0 Å². The van der Waals surface area contributed by atoms with Gasteiger partial charge in [-0.05, 0) is 28.8 Å². The van der Waals surface area contributed by atoms with Crippen LogP contribution in [0.1, 0.15) is 28.2 Å². The van der Waals surface area contributed by atoms with Gasteiger partial charge in [-0.1, -0.05) is 47.9 Å². The highest BCUT2D eigenvalue weighted by Crippen LogP contribution is 2.39. The SMILES string of the molecule is C#CC(c1ccc(CO)cc1)c1cc([C@]2(O)O[C@H](CO)[C@@H](O)[C@H](O)[C@H]2O)ccc1Cl. The van der Waals surface area contributed by atoms with E-state index in [-0.39, 0.29) is 12.2 Å². The Hall–Kier alpha value is -1.99. The molecular formula is C22H23ClO7. The highest BCUT2D eigenvalue weighted by atomic mass is 35.5. The summed E-state index contributed by atoms with van der Waals surface area (Å²) in [4.78, 5) is 0. The molecule has 2 aromatic rings. The van der Waals surface area contributed by atoms with Crippen LogP contribution in [0.2, 0.25) is 5.02 Å². The molecule has 7 nitrogen and oxygen atoms in total. The molecule has 0 saturated carbocycles. The van der Waals surface area contributed by atoms with E-state index in [1.54, 1.807) is 24.3 Å². The Labute approximate surface area is 178 Å². The van der Waals surface area contributed by atoms with Crippen molar-refractivity contribution >= 4 is 11.6 Å². The maximum Gasteiger partial charge on any atom is 0.222 e. The van der Waals surface area contributed by atoms with Gasteiger partial charge >= 0.3 is 0 Å². The van der Waals surface area contributed by atoms with Gasteiger partial charge in [0.2, 0.25) is 5.79 Å². The standard InChI is InChI=1S/C22H23ClO7/c1-2-15(13-5-3-12(10-24)4-6-13)16-9-14(7-8-17(16)23)22(29)21(28)20(27)19(26)18(11-25)30-22/h1,3-9,15,18-21,24-29H,10-11H2/t15?,18-,19-,20+,21-,22+/m1/s1. The third kappa shape index (κ3) is 3.97. The Morgan fingerprint density at radius 1 is 1.07 bits per heavy atom. The highest BCUT2D eigenvalue weighted by Gasteiger charge is 2.53. The molecule has 160 valence electrons. The Kier molecular flexibility index (Phi) is 6.82. The van der Waals surface area contributed by atoms with E-state index in [1.807, 2.05) is 0 Å². The van der Waals surface area contributed by atoms with Gasteiger partial charge in [0.25, 0.3) is 0 Å². The minimum Gasteiger partial charge on any atom is -0.394 e. The third-order valence-electron chi connectivity index (χ3n) is 5.35. The van der Waals surface area contributed by atoms with E-state index in [1.165, 1.54) is 18.2 Å². The van der Waals surface area contributed by atoms with E-state index < -0.39 is 42.7 Å². The molecule has 0 aliphatic carbocycles.